The van der Waals surface area contributed by atoms with Gasteiger partial charge in [-0.3, -0.25) is 4.98 Å². The van der Waals surface area contributed by atoms with Gasteiger partial charge in [0.15, 0.2) is 0 Å². The maximum Gasteiger partial charge on any atom is 0.0705 e. The molecule has 0 amide bonds. The summed E-state index contributed by atoms with van der Waals surface area (Å²) in [6.07, 6.45) is 5.67. The normalized spacial score (nSPS) is 27.6. The first kappa shape index (κ1) is 12.6. The lowest BCUT2D eigenvalue weighted by molar-refractivity contribution is 0.242. The van der Waals surface area contributed by atoms with Crippen molar-refractivity contribution in [2.45, 2.75) is 44.6 Å². The van der Waals surface area contributed by atoms with Gasteiger partial charge in [-0.25, -0.2) is 0 Å². The van der Waals surface area contributed by atoms with E-state index in [1.165, 1.54) is 18.2 Å². The first-order valence-electron chi connectivity index (χ1n) is 7.28. The summed E-state index contributed by atoms with van der Waals surface area (Å²) < 4.78 is 0. The monoisotopic (exact) mass is 254 g/mol. The van der Waals surface area contributed by atoms with Crippen molar-refractivity contribution in [2.24, 2.45) is 11.7 Å². The smallest absolute Gasteiger partial charge is 0.0705 e. The van der Waals surface area contributed by atoms with Gasteiger partial charge in [0.1, 0.15) is 0 Å². The topological polar surface area (TPSA) is 38.9 Å². The van der Waals surface area contributed by atoms with Crippen molar-refractivity contribution in [3.8, 4) is 0 Å². The highest BCUT2D eigenvalue weighted by atomic mass is 14.8. The van der Waals surface area contributed by atoms with Crippen molar-refractivity contribution >= 4 is 10.9 Å². The Labute approximate surface area is 115 Å². The summed E-state index contributed by atoms with van der Waals surface area (Å²) in [6.45, 7) is 2.33. The average molecular weight is 254 g/mol. The van der Waals surface area contributed by atoms with Crippen LogP contribution < -0.4 is 5.73 Å². The van der Waals surface area contributed by atoms with E-state index in [-0.39, 0.29) is 5.54 Å². The highest BCUT2D eigenvalue weighted by molar-refractivity contribution is 5.78. The number of hydrogen-bond donors (Lipinski definition) is 1. The number of para-hydroxylation sites is 1. The zero-order valence-corrected chi connectivity index (χ0v) is 11.6. The number of hydrogen-bond acceptors (Lipinski definition) is 2. The molecule has 3 rings (SSSR count). The molecule has 0 unspecified atom stereocenters. The van der Waals surface area contributed by atoms with E-state index < -0.39 is 0 Å². The first-order chi connectivity index (χ1) is 9.15. The van der Waals surface area contributed by atoms with E-state index in [4.69, 9.17) is 10.7 Å². The summed E-state index contributed by atoms with van der Waals surface area (Å²) in [5.74, 6) is 0.834. The lowest BCUT2D eigenvalue weighted by atomic mass is 9.75. The molecule has 0 spiro atoms. The van der Waals surface area contributed by atoms with Crippen LogP contribution in [0.1, 0.15) is 38.3 Å². The number of nitrogens with two attached hydrogens (primary N) is 1. The molecule has 1 fully saturated rings. The third-order valence-electron chi connectivity index (χ3n) is 4.46. The SMILES string of the molecule is CC1CCC(N)(Cc2ccc3ccccc3n2)CC1. The van der Waals surface area contributed by atoms with E-state index in [0.717, 1.165) is 36.4 Å². The van der Waals surface area contributed by atoms with Crippen molar-refractivity contribution in [1.82, 2.24) is 4.98 Å². The van der Waals surface area contributed by atoms with Gasteiger partial charge in [-0.2, -0.15) is 0 Å². The molecule has 2 nitrogen and oxygen atoms in total. The number of nitrogens with zero attached hydrogens (tertiary/aromatic N) is 1. The lowest BCUT2D eigenvalue weighted by Gasteiger charge is -2.36. The minimum absolute atomic E-state index is 0.0397. The summed E-state index contributed by atoms with van der Waals surface area (Å²) in [5, 5.41) is 1.20. The van der Waals surface area contributed by atoms with E-state index in [1.54, 1.807) is 0 Å². The Kier molecular flexibility index (Phi) is 3.28. The van der Waals surface area contributed by atoms with E-state index in [2.05, 4.69) is 37.3 Å². The molecule has 0 radical (unpaired) electrons. The summed E-state index contributed by atoms with van der Waals surface area (Å²) in [4.78, 5) is 4.75. The summed E-state index contributed by atoms with van der Waals surface area (Å²) in [7, 11) is 0. The van der Waals surface area contributed by atoms with E-state index in [0.29, 0.717) is 0 Å². The highest BCUT2D eigenvalue weighted by Gasteiger charge is 2.30. The molecular formula is C17H22N2. The van der Waals surface area contributed by atoms with Crippen molar-refractivity contribution < 1.29 is 0 Å². The quantitative estimate of drug-likeness (QED) is 0.887. The maximum atomic E-state index is 6.56. The molecule has 1 aromatic carbocycles. The van der Waals surface area contributed by atoms with Gasteiger partial charge in [0, 0.05) is 23.0 Å². The van der Waals surface area contributed by atoms with Crippen molar-refractivity contribution in [3.05, 3.63) is 42.1 Å². The van der Waals surface area contributed by atoms with Gasteiger partial charge in [-0.05, 0) is 43.7 Å². The van der Waals surface area contributed by atoms with Crippen LogP contribution in [0.2, 0.25) is 0 Å². The van der Waals surface area contributed by atoms with Crippen LogP contribution in [0.5, 0.6) is 0 Å². The molecule has 0 saturated heterocycles. The Morgan fingerprint density at radius 3 is 2.68 bits per heavy atom. The number of benzene rings is 1. The number of aromatic nitrogens is 1. The number of pyridine rings is 1. The Morgan fingerprint density at radius 2 is 1.89 bits per heavy atom. The second kappa shape index (κ2) is 4.93. The molecule has 100 valence electrons. The zero-order chi connectivity index (χ0) is 13.3. The molecule has 2 aromatic rings. The second-order valence-electron chi connectivity index (χ2n) is 6.22. The molecule has 0 aliphatic heterocycles. The summed E-state index contributed by atoms with van der Waals surface area (Å²) in [6, 6.07) is 12.6. The molecule has 1 saturated carbocycles. The summed E-state index contributed by atoms with van der Waals surface area (Å²) >= 11 is 0. The zero-order valence-electron chi connectivity index (χ0n) is 11.6. The van der Waals surface area contributed by atoms with Gasteiger partial charge < -0.3 is 5.73 Å². The Morgan fingerprint density at radius 1 is 1.16 bits per heavy atom. The van der Waals surface area contributed by atoms with Crippen LogP contribution >= 0.6 is 0 Å². The fourth-order valence-electron chi connectivity index (χ4n) is 3.08. The minimum Gasteiger partial charge on any atom is -0.325 e. The third-order valence-corrected chi connectivity index (χ3v) is 4.46. The average Bonchev–Trinajstić information content (AvgIpc) is 2.42. The highest BCUT2D eigenvalue weighted by Crippen LogP contribution is 2.32. The van der Waals surface area contributed by atoms with Crippen LogP contribution in [0.3, 0.4) is 0 Å². The van der Waals surface area contributed by atoms with E-state index >= 15 is 0 Å². The molecule has 1 aliphatic carbocycles. The number of fused-ring (bicyclic) bond motifs is 1. The predicted molar refractivity (Wildman–Crippen MR) is 80.0 cm³/mol. The third kappa shape index (κ3) is 2.79. The van der Waals surface area contributed by atoms with E-state index in [1.807, 2.05) is 6.07 Å². The van der Waals surface area contributed by atoms with Crippen LogP contribution in [0.25, 0.3) is 10.9 Å². The Bertz CT molecular complexity index is 568. The molecule has 1 heterocycles. The lowest BCUT2D eigenvalue weighted by Crippen LogP contribution is -2.45. The van der Waals surface area contributed by atoms with Gasteiger partial charge in [-0.1, -0.05) is 31.2 Å². The maximum absolute atomic E-state index is 6.56. The Hall–Kier alpha value is -1.41. The summed E-state index contributed by atoms with van der Waals surface area (Å²) in [5.41, 5.74) is 8.73. The van der Waals surface area contributed by atoms with E-state index in [9.17, 15) is 0 Å². The standard InChI is InChI=1S/C17H22N2/c1-13-8-10-17(18,11-9-13)12-15-7-6-14-4-2-3-5-16(14)19-15/h2-7,13H,8-12,18H2,1H3. The van der Waals surface area contributed by atoms with Crippen molar-refractivity contribution in [2.75, 3.05) is 0 Å². The molecule has 1 aliphatic rings. The van der Waals surface area contributed by atoms with Crippen LogP contribution in [-0.2, 0) is 6.42 Å². The molecular weight excluding hydrogens is 232 g/mol. The van der Waals surface area contributed by atoms with Crippen LogP contribution in [0, 0.1) is 5.92 Å². The van der Waals surface area contributed by atoms with Crippen LogP contribution in [0.15, 0.2) is 36.4 Å². The van der Waals surface area contributed by atoms with Crippen molar-refractivity contribution in [3.63, 3.8) is 0 Å². The van der Waals surface area contributed by atoms with Gasteiger partial charge >= 0.3 is 0 Å². The van der Waals surface area contributed by atoms with Gasteiger partial charge in [0.05, 0.1) is 5.52 Å². The largest absolute Gasteiger partial charge is 0.325 e. The van der Waals surface area contributed by atoms with Gasteiger partial charge in [0.25, 0.3) is 0 Å². The molecule has 1 aromatic heterocycles. The fourth-order valence-corrected chi connectivity index (χ4v) is 3.08. The molecule has 0 bridgehead atoms. The van der Waals surface area contributed by atoms with Gasteiger partial charge in [0.2, 0.25) is 0 Å². The molecule has 19 heavy (non-hydrogen) atoms. The van der Waals surface area contributed by atoms with Crippen LogP contribution in [0.4, 0.5) is 0 Å². The molecule has 0 atom stereocenters. The predicted octanol–water partition coefficient (Wildman–Crippen LogP) is 3.68. The Balaban J connectivity index is 1.81. The minimum atomic E-state index is -0.0397. The van der Waals surface area contributed by atoms with Crippen LogP contribution in [-0.4, -0.2) is 10.5 Å². The molecule has 2 N–H and O–H groups in total. The van der Waals surface area contributed by atoms with Gasteiger partial charge in [-0.15, -0.1) is 0 Å². The number of rotatable bonds is 2. The van der Waals surface area contributed by atoms with Crippen molar-refractivity contribution in [1.29, 1.82) is 0 Å². The molecule has 2 heteroatoms. The fraction of sp³-hybridized carbons (Fsp3) is 0.471. The first-order valence-corrected chi connectivity index (χ1v) is 7.28. The second-order valence-corrected chi connectivity index (χ2v) is 6.22.